The monoisotopic (exact) mass is 436 g/mol. The molecule has 4 heterocycles. The molecule has 0 unspecified atom stereocenters. The van der Waals surface area contributed by atoms with E-state index in [1.54, 1.807) is 16.7 Å². The molecular formula is C24H30N5O3+. The first-order valence-corrected chi connectivity index (χ1v) is 11.6. The molecule has 1 aliphatic heterocycles. The van der Waals surface area contributed by atoms with E-state index >= 15 is 0 Å². The van der Waals surface area contributed by atoms with Gasteiger partial charge in [0.1, 0.15) is 10.9 Å². The number of hydrogen-bond donors (Lipinski definition) is 2. The molecule has 2 fully saturated rings. The standard InChI is InChI=1S/C24H29N5O3/c1-15-7-5-11-28-21(15)27-22-19(24(28)31)13-18(23(30)26-14-17-10-6-12-32-17)20(25)29(22)16-8-3-2-4-9-16/h5,7,11,13,16-17,25H,2-4,6,8-10,12,14H2,1H3,(H,26,30)/p+1/t17-/m0/s1. The molecule has 2 aliphatic rings. The number of nitrogen functional groups attached to an aromatic ring is 1. The second-order valence-electron chi connectivity index (χ2n) is 8.99. The average molecular weight is 437 g/mol. The maximum atomic E-state index is 13.4. The molecule has 5 rings (SSSR count). The van der Waals surface area contributed by atoms with Crippen molar-refractivity contribution in [3.63, 3.8) is 0 Å². The maximum Gasteiger partial charge on any atom is 0.278 e. The van der Waals surface area contributed by atoms with Crippen LogP contribution in [0.25, 0.3) is 16.7 Å². The molecular weight excluding hydrogens is 406 g/mol. The van der Waals surface area contributed by atoms with Crippen LogP contribution in [0.4, 0.5) is 5.82 Å². The maximum absolute atomic E-state index is 13.4. The number of carbonyl (C=O) groups excluding carboxylic acids is 1. The van der Waals surface area contributed by atoms with E-state index in [1.165, 1.54) is 6.42 Å². The molecule has 1 saturated heterocycles. The summed E-state index contributed by atoms with van der Waals surface area (Å²) >= 11 is 0. The zero-order valence-electron chi connectivity index (χ0n) is 18.5. The normalized spacial score (nSPS) is 19.6. The minimum atomic E-state index is -0.279. The van der Waals surface area contributed by atoms with Gasteiger partial charge in [-0.1, -0.05) is 17.5 Å². The van der Waals surface area contributed by atoms with Crippen LogP contribution in [0, 0.1) is 6.92 Å². The molecule has 1 amide bonds. The van der Waals surface area contributed by atoms with Gasteiger partial charge in [0.25, 0.3) is 17.1 Å². The molecule has 32 heavy (non-hydrogen) atoms. The van der Waals surface area contributed by atoms with E-state index in [9.17, 15) is 9.59 Å². The van der Waals surface area contributed by atoms with E-state index in [2.05, 4.69) is 5.32 Å². The van der Waals surface area contributed by atoms with Crippen LogP contribution in [0.5, 0.6) is 0 Å². The SMILES string of the molecule is Cc1cccn2c(=O)c3cc(C(=O)NC[C@@H]4CCCO4)c(N)[n+](C4CCCCC4)c3nc12. The van der Waals surface area contributed by atoms with Crippen molar-refractivity contribution in [2.45, 2.75) is 64.0 Å². The molecule has 3 N–H and O–H groups in total. The van der Waals surface area contributed by atoms with E-state index in [1.807, 2.05) is 23.6 Å². The summed E-state index contributed by atoms with van der Waals surface area (Å²) in [6.07, 6.45) is 9.00. The molecule has 0 radical (unpaired) electrons. The Labute approximate surface area is 186 Å². The number of nitrogens with zero attached hydrogens (tertiary/aromatic N) is 3. The average Bonchev–Trinajstić information content (AvgIpc) is 3.32. The van der Waals surface area contributed by atoms with Crippen LogP contribution in [0.2, 0.25) is 0 Å². The first-order valence-electron chi connectivity index (χ1n) is 11.6. The third kappa shape index (κ3) is 3.62. The number of rotatable bonds is 4. The highest BCUT2D eigenvalue weighted by atomic mass is 16.5. The number of ether oxygens (including phenoxy) is 1. The van der Waals surface area contributed by atoms with E-state index in [0.29, 0.717) is 34.6 Å². The largest absolute Gasteiger partial charge is 0.376 e. The molecule has 168 valence electrons. The summed E-state index contributed by atoms with van der Waals surface area (Å²) in [5.74, 6) is 0.0947. The third-order valence-corrected chi connectivity index (χ3v) is 6.82. The number of nitrogens with one attached hydrogen (secondary N) is 1. The van der Waals surface area contributed by atoms with E-state index < -0.39 is 0 Å². The van der Waals surface area contributed by atoms with Gasteiger partial charge < -0.3 is 15.8 Å². The van der Waals surface area contributed by atoms with Crippen molar-refractivity contribution in [1.82, 2.24) is 14.7 Å². The summed E-state index contributed by atoms with van der Waals surface area (Å²) in [4.78, 5) is 31.5. The van der Waals surface area contributed by atoms with Gasteiger partial charge in [-0.3, -0.25) is 14.0 Å². The summed E-state index contributed by atoms with van der Waals surface area (Å²) in [5.41, 5.74) is 8.85. The van der Waals surface area contributed by atoms with Crippen molar-refractivity contribution in [3.8, 4) is 0 Å². The van der Waals surface area contributed by atoms with Crippen LogP contribution in [0.15, 0.2) is 29.2 Å². The molecule has 1 aliphatic carbocycles. The van der Waals surface area contributed by atoms with Crippen LogP contribution in [-0.2, 0) is 4.74 Å². The fourth-order valence-electron chi connectivity index (χ4n) is 5.07. The Morgan fingerprint density at radius 2 is 2.09 bits per heavy atom. The van der Waals surface area contributed by atoms with Gasteiger partial charge >= 0.3 is 0 Å². The van der Waals surface area contributed by atoms with E-state index in [0.717, 1.165) is 50.7 Å². The fraction of sp³-hybridized carbons (Fsp3) is 0.500. The van der Waals surface area contributed by atoms with Gasteiger partial charge in [-0.15, -0.1) is 0 Å². The first kappa shape index (κ1) is 20.9. The van der Waals surface area contributed by atoms with Crippen LogP contribution >= 0.6 is 0 Å². The fourth-order valence-corrected chi connectivity index (χ4v) is 5.07. The number of aryl methyl sites for hydroxylation is 1. The Bertz CT molecular complexity index is 1240. The molecule has 1 atom stereocenters. The number of amides is 1. The quantitative estimate of drug-likeness (QED) is 0.483. The lowest BCUT2D eigenvalue weighted by Gasteiger charge is -2.24. The topological polar surface area (TPSA) is 103 Å². The van der Waals surface area contributed by atoms with Crippen molar-refractivity contribution < 1.29 is 14.1 Å². The Morgan fingerprint density at radius 3 is 2.84 bits per heavy atom. The van der Waals surface area contributed by atoms with Crippen molar-refractivity contribution in [2.24, 2.45) is 0 Å². The molecule has 0 aromatic carbocycles. The van der Waals surface area contributed by atoms with Gasteiger partial charge in [0, 0.05) is 24.9 Å². The molecule has 0 bridgehead atoms. The second kappa shape index (κ2) is 8.50. The summed E-state index contributed by atoms with van der Waals surface area (Å²) in [5, 5.41) is 3.37. The molecule has 0 spiro atoms. The minimum absolute atomic E-state index is 0.0327. The zero-order valence-corrected chi connectivity index (χ0v) is 18.5. The number of fused-ring (bicyclic) bond motifs is 2. The highest BCUT2D eigenvalue weighted by molar-refractivity contribution is 6.00. The Balaban J connectivity index is 1.68. The van der Waals surface area contributed by atoms with Crippen LogP contribution in [0.3, 0.4) is 0 Å². The number of hydrogen-bond acceptors (Lipinski definition) is 5. The summed E-state index contributed by atoms with van der Waals surface area (Å²) < 4.78 is 9.12. The van der Waals surface area contributed by atoms with Crippen molar-refractivity contribution in [1.29, 1.82) is 0 Å². The van der Waals surface area contributed by atoms with Crippen LogP contribution in [-0.4, -0.2) is 34.5 Å². The third-order valence-electron chi connectivity index (χ3n) is 6.82. The van der Waals surface area contributed by atoms with E-state index in [-0.39, 0.29) is 23.6 Å². The Morgan fingerprint density at radius 1 is 1.28 bits per heavy atom. The molecule has 8 heteroatoms. The van der Waals surface area contributed by atoms with Gasteiger partial charge in [-0.2, -0.15) is 0 Å². The van der Waals surface area contributed by atoms with Crippen molar-refractivity contribution in [2.75, 3.05) is 18.9 Å². The van der Waals surface area contributed by atoms with Crippen molar-refractivity contribution in [3.05, 3.63) is 45.9 Å². The summed E-state index contributed by atoms with van der Waals surface area (Å²) in [6.45, 7) is 3.11. The Hall–Kier alpha value is -3.00. The lowest BCUT2D eigenvalue weighted by Crippen LogP contribution is -2.47. The Kier molecular flexibility index (Phi) is 5.55. The number of nitrogens with two attached hydrogens (primary N) is 1. The molecule has 1 saturated carbocycles. The van der Waals surface area contributed by atoms with Gasteiger partial charge in [0.2, 0.25) is 11.5 Å². The number of carbonyl (C=O) groups is 1. The van der Waals surface area contributed by atoms with Gasteiger partial charge in [0.05, 0.1) is 12.1 Å². The minimum Gasteiger partial charge on any atom is -0.376 e. The second-order valence-corrected chi connectivity index (χ2v) is 8.99. The molecule has 8 nitrogen and oxygen atoms in total. The number of anilines is 1. The smallest absolute Gasteiger partial charge is 0.278 e. The van der Waals surface area contributed by atoms with Gasteiger partial charge in [-0.05, 0) is 57.6 Å². The highest BCUT2D eigenvalue weighted by Gasteiger charge is 2.30. The molecule has 3 aromatic rings. The molecule has 3 aromatic heterocycles. The van der Waals surface area contributed by atoms with Gasteiger partial charge in [-0.25, -0.2) is 4.57 Å². The van der Waals surface area contributed by atoms with Crippen molar-refractivity contribution >= 4 is 28.4 Å². The van der Waals surface area contributed by atoms with Gasteiger partial charge in [0.15, 0.2) is 0 Å². The first-order chi connectivity index (χ1) is 15.5. The summed E-state index contributed by atoms with van der Waals surface area (Å²) in [7, 11) is 0. The lowest BCUT2D eigenvalue weighted by molar-refractivity contribution is -0.689. The summed E-state index contributed by atoms with van der Waals surface area (Å²) in [6, 6.07) is 5.50. The number of aromatic nitrogens is 3. The lowest BCUT2D eigenvalue weighted by atomic mass is 9.94. The predicted molar refractivity (Wildman–Crippen MR) is 122 cm³/mol. The van der Waals surface area contributed by atoms with Crippen LogP contribution in [0.1, 0.15) is 66.9 Å². The zero-order chi connectivity index (χ0) is 22.2. The van der Waals surface area contributed by atoms with Crippen LogP contribution < -0.4 is 21.2 Å². The predicted octanol–water partition coefficient (Wildman–Crippen LogP) is 2.44. The van der Waals surface area contributed by atoms with E-state index in [4.69, 9.17) is 15.5 Å². The number of pyridine rings is 2. The highest BCUT2D eigenvalue weighted by Crippen LogP contribution is 2.27.